The van der Waals surface area contributed by atoms with Crippen LogP contribution in [0.2, 0.25) is 0 Å². The van der Waals surface area contributed by atoms with Gasteiger partial charge in [-0.1, -0.05) is 0 Å². The number of hydrogen-bond donors (Lipinski definition) is 2. The number of hydrogen-bond acceptors (Lipinski definition) is 3. The SMILES string of the molecule is Cc1cc(C=O)cc(CO)c1O. The molecule has 0 aliphatic rings. The summed E-state index contributed by atoms with van der Waals surface area (Å²) in [6.45, 7) is 1.43. The molecule has 12 heavy (non-hydrogen) atoms. The second-order valence-electron chi connectivity index (χ2n) is 2.62. The molecular weight excluding hydrogens is 156 g/mol. The summed E-state index contributed by atoms with van der Waals surface area (Å²) in [6.07, 6.45) is 0.686. The number of rotatable bonds is 2. The summed E-state index contributed by atoms with van der Waals surface area (Å²) < 4.78 is 0. The number of benzene rings is 1. The van der Waals surface area contributed by atoms with Crippen molar-refractivity contribution in [2.75, 3.05) is 0 Å². The lowest BCUT2D eigenvalue weighted by atomic mass is 10.1. The molecule has 3 heteroatoms. The van der Waals surface area contributed by atoms with Crippen molar-refractivity contribution in [3.63, 3.8) is 0 Å². The lowest BCUT2D eigenvalue weighted by molar-refractivity contribution is 0.112. The van der Waals surface area contributed by atoms with E-state index in [0.29, 0.717) is 23.0 Å². The molecule has 0 saturated carbocycles. The smallest absolute Gasteiger partial charge is 0.150 e. The second kappa shape index (κ2) is 3.36. The van der Waals surface area contributed by atoms with Crippen LogP contribution in [0.1, 0.15) is 21.5 Å². The minimum Gasteiger partial charge on any atom is -0.507 e. The van der Waals surface area contributed by atoms with E-state index in [1.54, 1.807) is 13.0 Å². The molecule has 1 rings (SSSR count). The normalized spacial score (nSPS) is 9.83. The number of phenols is 1. The van der Waals surface area contributed by atoms with Crippen molar-refractivity contribution in [3.8, 4) is 5.75 Å². The Labute approximate surface area is 70.3 Å². The Kier molecular flexibility index (Phi) is 2.45. The molecule has 0 atom stereocenters. The van der Waals surface area contributed by atoms with Crippen LogP contribution in [0.5, 0.6) is 5.75 Å². The summed E-state index contributed by atoms with van der Waals surface area (Å²) in [5, 5.41) is 18.1. The maximum absolute atomic E-state index is 10.4. The van der Waals surface area contributed by atoms with Gasteiger partial charge >= 0.3 is 0 Å². The highest BCUT2D eigenvalue weighted by Crippen LogP contribution is 2.22. The van der Waals surface area contributed by atoms with Crippen LogP contribution in [0.4, 0.5) is 0 Å². The van der Waals surface area contributed by atoms with E-state index in [4.69, 9.17) is 5.11 Å². The Bertz CT molecular complexity index is 305. The van der Waals surface area contributed by atoms with Gasteiger partial charge in [-0.25, -0.2) is 0 Å². The van der Waals surface area contributed by atoms with Crippen molar-refractivity contribution >= 4 is 6.29 Å². The van der Waals surface area contributed by atoms with Gasteiger partial charge in [0.1, 0.15) is 12.0 Å². The first-order valence-corrected chi connectivity index (χ1v) is 3.57. The van der Waals surface area contributed by atoms with Gasteiger partial charge in [0.05, 0.1) is 6.61 Å². The first-order valence-electron chi connectivity index (χ1n) is 3.57. The first-order chi connectivity index (χ1) is 5.69. The van der Waals surface area contributed by atoms with E-state index < -0.39 is 0 Å². The largest absolute Gasteiger partial charge is 0.507 e. The first kappa shape index (κ1) is 8.74. The van der Waals surface area contributed by atoms with Crippen LogP contribution in [0.25, 0.3) is 0 Å². The topological polar surface area (TPSA) is 57.5 Å². The number of aliphatic hydroxyl groups excluding tert-OH is 1. The Morgan fingerprint density at radius 2 is 2.17 bits per heavy atom. The average Bonchev–Trinajstić information content (AvgIpc) is 2.09. The quantitative estimate of drug-likeness (QED) is 0.644. The zero-order chi connectivity index (χ0) is 9.14. The molecule has 0 unspecified atom stereocenters. The van der Waals surface area contributed by atoms with Crippen molar-refractivity contribution in [1.29, 1.82) is 0 Å². The monoisotopic (exact) mass is 166 g/mol. The molecule has 0 aliphatic carbocycles. The lowest BCUT2D eigenvalue weighted by Crippen LogP contribution is -1.90. The molecule has 0 saturated heterocycles. The standard InChI is InChI=1S/C9H10O3/c1-6-2-7(4-10)3-8(5-11)9(6)12/h2-4,11-12H,5H2,1H3. The third-order valence-corrected chi connectivity index (χ3v) is 1.71. The van der Waals surface area contributed by atoms with Crippen LogP contribution in [-0.2, 0) is 6.61 Å². The average molecular weight is 166 g/mol. The molecule has 64 valence electrons. The number of aliphatic hydroxyl groups is 1. The fourth-order valence-electron chi connectivity index (χ4n) is 1.07. The molecule has 0 bridgehead atoms. The maximum atomic E-state index is 10.4. The van der Waals surface area contributed by atoms with Gasteiger partial charge in [0, 0.05) is 11.1 Å². The highest BCUT2D eigenvalue weighted by Gasteiger charge is 2.04. The summed E-state index contributed by atoms with van der Waals surface area (Å²) in [5.41, 5.74) is 1.45. The summed E-state index contributed by atoms with van der Waals surface area (Å²) >= 11 is 0. The molecule has 0 aliphatic heterocycles. The highest BCUT2D eigenvalue weighted by atomic mass is 16.3. The molecule has 1 aromatic rings. The van der Waals surface area contributed by atoms with Gasteiger partial charge in [-0.05, 0) is 24.6 Å². The van der Waals surface area contributed by atoms with E-state index >= 15 is 0 Å². The number of aromatic hydroxyl groups is 1. The number of carbonyl (C=O) groups is 1. The van der Waals surface area contributed by atoms with Crippen molar-refractivity contribution in [2.45, 2.75) is 13.5 Å². The minimum absolute atomic E-state index is 0.0584. The fourth-order valence-corrected chi connectivity index (χ4v) is 1.07. The molecular formula is C9H10O3. The summed E-state index contributed by atoms with van der Waals surface area (Å²) in [5.74, 6) is 0.0584. The highest BCUT2D eigenvalue weighted by molar-refractivity contribution is 5.76. The number of aryl methyl sites for hydroxylation is 1. The third-order valence-electron chi connectivity index (χ3n) is 1.71. The van der Waals surface area contributed by atoms with Crippen LogP contribution in [0, 0.1) is 6.92 Å². The predicted octanol–water partition coefficient (Wildman–Crippen LogP) is 1.01. The Hall–Kier alpha value is -1.35. The van der Waals surface area contributed by atoms with Gasteiger partial charge in [0.15, 0.2) is 0 Å². The number of aldehydes is 1. The van der Waals surface area contributed by atoms with Gasteiger partial charge in [-0.15, -0.1) is 0 Å². The van der Waals surface area contributed by atoms with Crippen molar-refractivity contribution in [1.82, 2.24) is 0 Å². The Morgan fingerprint density at radius 1 is 1.50 bits per heavy atom. The van der Waals surface area contributed by atoms with Crippen LogP contribution in [0.3, 0.4) is 0 Å². The van der Waals surface area contributed by atoms with Crippen LogP contribution in [-0.4, -0.2) is 16.5 Å². The molecule has 0 heterocycles. The van der Waals surface area contributed by atoms with Crippen molar-refractivity contribution < 1.29 is 15.0 Å². The molecule has 2 N–H and O–H groups in total. The molecule has 0 fully saturated rings. The summed E-state index contributed by atoms with van der Waals surface area (Å²) in [4.78, 5) is 10.4. The molecule has 0 spiro atoms. The molecule has 0 aromatic heterocycles. The third kappa shape index (κ3) is 1.46. The van der Waals surface area contributed by atoms with E-state index in [9.17, 15) is 9.90 Å². The lowest BCUT2D eigenvalue weighted by Gasteiger charge is -2.04. The Morgan fingerprint density at radius 3 is 2.67 bits per heavy atom. The zero-order valence-corrected chi connectivity index (χ0v) is 6.74. The predicted molar refractivity (Wildman–Crippen MR) is 44.2 cm³/mol. The second-order valence-corrected chi connectivity index (χ2v) is 2.62. The van der Waals surface area contributed by atoms with Gasteiger partial charge in [0.25, 0.3) is 0 Å². The minimum atomic E-state index is -0.256. The van der Waals surface area contributed by atoms with Gasteiger partial charge < -0.3 is 10.2 Å². The van der Waals surface area contributed by atoms with Gasteiger partial charge in [-0.2, -0.15) is 0 Å². The fraction of sp³-hybridized carbons (Fsp3) is 0.222. The van der Waals surface area contributed by atoms with E-state index in [1.165, 1.54) is 6.07 Å². The zero-order valence-electron chi connectivity index (χ0n) is 6.74. The summed E-state index contributed by atoms with van der Waals surface area (Å²) in [7, 11) is 0. The van der Waals surface area contributed by atoms with Gasteiger partial charge in [0.2, 0.25) is 0 Å². The Balaban J connectivity index is 3.28. The van der Waals surface area contributed by atoms with E-state index in [0.717, 1.165) is 0 Å². The van der Waals surface area contributed by atoms with Crippen LogP contribution < -0.4 is 0 Å². The van der Waals surface area contributed by atoms with Crippen LogP contribution in [0.15, 0.2) is 12.1 Å². The molecule has 3 nitrogen and oxygen atoms in total. The van der Waals surface area contributed by atoms with E-state index in [1.807, 2.05) is 0 Å². The maximum Gasteiger partial charge on any atom is 0.150 e. The van der Waals surface area contributed by atoms with Crippen LogP contribution >= 0.6 is 0 Å². The van der Waals surface area contributed by atoms with Gasteiger partial charge in [-0.3, -0.25) is 4.79 Å². The van der Waals surface area contributed by atoms with Crippen molar-refractivity contribution in [2.24, 2.45) is 0 Å². The van der Waals surface area contributed by atoms with E-state index in [-0.39, 0.29) is 12.4 Å². The molecule has 1 aromatic carbocycles. The molecule has 0 radical (unpaired) electrons. The number of carbonyl (C=O) groups excluding carboxylic acids is 1. The van der Waals surface area contributed by atoms with Crippen molar-refractivity contribution in [3.05, 3.63) is 28.8 Å². The van der Waals surface area contributed by atoms with E-state index in [2.05, 4.69) is 0 Å². The molecule has 0 amide bonds. The summed E-state index contributed by atoms with van der Waals surface area (Å²) in [6, 6.07) is 3.04.